The number of nitrogens with one attached hydrogen (secondary N) is 1. The lowest BCUT2D eigenvalue weighted by Crippen LogP contribution is -2.58. The van der Waals surface area contributed by atoms with Gasteiger partial charge in [-0.2, -0.15) is 0 Å². The highest BCUT2D eigenvalue weighted by molar-refractivity contribution is 7.13. The minimum atomic E-state index is 0.183. The van der Waals surface area contributed by atoms with Crippen LogP contribution in [-0.4, -0.2) is 30.2 Å². The zero-order valence-corrected chi connectivity index (χ0v) is 9.82. The topological polar surface area (TPSA) is 28.2 Å². The number of anilines is 1. The molecule has 78 valence electrons. The maximum absolute atomic E-state index is 4.55. The van der Waals surface area contributed by atoms with E-state index in [1.165, 1.54) is 0 Å². The fourth-order valence-electron chi connectivity index (χ4n) is 1.80. The number of hydrogen-bond donors (Lipinski definition) is 1. The van der Waals surface area contributed by atoms with Crippen LogP contribution in [-0.2, 0) is 0 Å². The Morgan fingerprint density at radius 2 is 2.36 bits per heavy atom. The van der Waals surface area contributed by atoms with Gasteiger partial charge in [0.05, 0.1) is 5.69 Å². The lowest BCUT2D eigenvalue weighted by atomic mass is 10.0. The molecule has 0 aliphatic carbocycles. The molecule has 4 heteroatoms. The Balaban J connectivity index is 2.23. The summed E-state index contributed by atoms with van der Waals surface area (Å²) in [7, 11) is 0. The van der Waals surface area contributed by atoms with Crippen molar-refractivity contribution in [3.05, 3.63) is 11.1 Å². The molecule has 0 spiro atoms. The molecule has 14 heavy (non-hydrogen) atoms. The summed E-state index contributed by atoms with van der Waals surface area (Å²) in [6.45, 7) is 9.72. The van der Waals surface area contributed by atoms with E-state index in [9.17, 15) is 0 Å². The van der Waals surface area contributed by atoms with Crippen molar-refractivity contribution in [2.75, 3.05) is 24.5 Å². The second-order valence-electron chi connectivity index (χ2n) is 4.41. The first-order chi connectivity index (χ1) is 6.59. The van der Waals surface area contributed by atoms with Gasteiger partial charge >= 0.3 is 0 Å². The number of aromatic nitrogens is 1. The van der Waals surface area contributed by atoms with Crippen LogP contribution >= 0.6 is 11.3 Å². The molecule has 1 N–H and O–H groups in total. The van der Waals surface area contributed by atoms with Crippen molar-refractivity contribution in [2.24, 2.45) is 0 Å². The summed E-state index contributed by atoms with van der Waals surface area (Å²) in [5.74, 6) is 0. The highest BCUT2D eigenvalue weighted by atomic mass is 32.1. The van der Waals surface area contributed by atoms with Gasteiger partial charge in [0.2, 0.25) is 0 Å². The molecule has 0 amide bonds. The summed E-state index contributed by atoms with van der Waals surface area (Å²) in [5.41, 5.74) is 1.31. The standard InChI is InChI=1S/C10H17N3S/c1-8-6-14-9(12-8)13-5-4-11-7-10(13,2)3/h6,11H,4-5,7H2,1-3H3. The van der Waals surface area contributed by atoms with E-state index >= 15 is 0 Å². The SMILES string of the molecule is Cc1csc(N2CCNCC2(C)C)n1. The van der Waals surface area contributed by atoms with E-state index in [1.54, 1.807) is 11.3 Å². The van der Waals surface area contributed by atoms with E-state index in [0.717, 1.165) is 30.5 Å². The third-order valence-electron chi connectivity index (χ3n) is 2.64. The van der Waals surface area contributed by atoms with Gasteiger partial charge in [-0.1, -0.05) is 0 Å². The van der Waals surface area contributed by atoms with Crippen LogP contribution in [0.15, 0.2) is 5.38 Å². The zero-order valence-electron chi connectivity index (χ0n) is 9.00. The average Bonchev–Trinajstić information content (AvgIpc) is 2.51. The molecule has 0 unspecified atom stereocenters. The Kier molecular flexibility index (Phi) is 2.49. The molecule has 1 aliphatic heterocycles. The summed E-state index contributed by atoms with van der Waals surface area (Å²) in [6, 6.07) is 0. The predicted octanol–water partition coefficient (Wildman–Crippen LogP) is 1.64. The third kappa shape index (κ3) is 1.77. The van der Waals surface area contributed by atoms with Gasteiger partial charge in [-0.25, -0.2) is 4.98 Å². The maximum Gasteiger partial charge on any atom is 0.186 e. The van der Waals surface area contributed by atoms with Crippen molar-refractivity contribution in [3.8, 4) is 0 Å². The molecular weight excluding hydrogens is 194 g/mol. The van der Waals surface area contributed by atoms with Crippen LogP contribution in [0.25, 0.3) is 0 Å². The lowest BCUT2D eigenvalue weighted by Gasteiger charge is -2.42. The van der Waals surface area contributed by atoms with Crippen LogP contribution in [0.3, 0.4) is 0 Å². The van der Waals surface area contributed by atoms with E-state index in [-0.39, 0.29) is 5.54 Å². The van der Waals surface area contributed by atoms with Crippen molar-refractivity contribution in [1.82, 2.24) is 10.3 Å². The van der Waals surface area contributed by atoms with Gasteiger partial charge in [-0.05, 0) is 20.8 Å². The highest BCUT2D eigenvalue weighted by Gasteiger charge is 2.31. The number of hydrogen-bond acceptors (Lipinski definition) is 4. The molecule has 1 saturated heterocycles. The minimum absolute atomic E-state index is 0.183. The molecular formula is C10H17N3S. The van der Waals surface area contributed by atoms with Crippen molar-refractivity contribution < 1.29 is 0 Å². The number of nitrogens with zero attached hydrogens (tertiary/aromatic N) is 2. The Morgan fingerprint density at radius 1 is 1.57 bits per heavy atom. The van der Waals surface area contributed by atoms with Crippen molar-refractivity contribution in [3.63, 3.8) is 0 Å². The number of thiazole rings is 1. The fraction of sp³-hybridized carbons (Fsp3) is 0.700. The summed E-state index contributed by atoms with van der Waals surface area (Å²) in [6.07, 6.45) is 0. The molecule has 1 aromatic heterocycles. The average molecular weight is 211 g/mol. The van der Waals surface area contributed by atoms with E-state index in [4.69, 9.17) is 0 Å². The Hall–Kier alpha value is -0.610. The largest absolute Gasteiger partial charge is 0.340 e. The quantitative estimate of drug-likeness (QED) is 0.765. The van der Waals surface area contributed by atoms with Crippen molar-refractivity contribution in [1.29, 1.82) is 0 Å². The smallest absolute Gasteiger partial charge is 0.186 e. The minimum Gasteiger partial charge on any atom is -0.340 e. The Labute approximate surface area is 89.1 Å². The zero-order chi connectivity index (χ0) is 10.2. The molecule has 0 aromatic carbocycles. The molecule has 2 rings (SSSR count). The van der Waals surface area contributed by atoms with Crippen LogP contribution in [0.2, 0.25) is 0 Å². The first kappa shape index (κ1) is 9.93. The van der Waals surface area contributed by atoms with Gasteiger partial charge in [0.15, 0.2) is 5.13 Å². The second kappa shape index (κ2) is 3.51. The lowest BCUT2D eigenvalue weighted by molar-refractivity contribution is 0.380. The van der Waals surface area contributed by atoms with E-state index in [1.807, 2.05) is 0 Å². The van der Waals surface area contributed by atoms with Crippen molar-refractivity contribution >= 4 is 16.5 Å². The summed E-state index contributed by atoms with van der Waals surface area (Å²) in [4.78, 5) is 6.95. The number of aryl methyl sites for hydroxylation is 1. The van der Waals surface area contributed by atoms with Crippen LogP contribution in [0.4, 0.5) is 5.13 Å². The van der Waals surface area contributed by atoms with Crippen LogP contribution < -0.4 is 10.2 Å². The normalized spacial score (nSPS) is 21.2. The predicted molar refractivity (Wildman–Crippen MR) is 61.1 cm³/mol. The second-order valence-corrected chi connectivity index (χ2v) is 5.25. The van der Waals surface area contributed by atoms with Gasteiger partial charge in [-0.3, -0.25) is 0 Å². The monoisotopic (exact) mass is 211 g/mol. The number of rotatable bonds is 1. The van der Waals surface area contributed by atoms with E-state index < -0.39 is 0 Å². The van der Waals surface area contributed by atoms with Crippen molar-refractivity contribution in [2.45, 2.75) is 26.3 Å². The molecule has 0 atom stereocenters. The van der Waals surface area contributed by atoms with Gasteiger partial charge in [0.25, 0.3) is 0 Å². The molecule has 1 fully saturated rings. The molecule has 1 aliphatic rings. The van der Waals surface area contributed by atoms with Crippen LogP contribution in [0.1, 0.15) is 19.5 Å². The summed E-state index contributed by atoms with van der Waals surface area (Å²) in [5, 5.41) is 6.70. The first-order valence-corrected chi connectivity index (χ1v) is 5.88. The van der Waals surface area contributed by atoms with Gasteiger partial charge in [0, 0.05) is 30.6 Å². The molecule has 0 radical (unpaired) electrons. The summed E-state index contributed by atoms with van der Waals surface area (Å²) >= 11 is 1.75. The molecule has 1 aromatic rings. The van der Waals surface area contributed by atoms with E-state index in [2.05, 4.69) is 41.4 Å². The van der Waals surface area contributed by atoms with Gasteiger partial charge in [-0.15, -0.1) is 11.3 Å². The Bertz CT molecular complexity index is 319. The molecule has 0 saturated carbocycles. The first-order valence-electron chi connectivity index (χ1n) is 5.00. The fourth-order valence-corrected chi connectivity index (χ4v) is 2.79. The Morgan fingerprint density at radius 3 is 2.93 bits per heavy atom. The summed E-state index contributed by atoms with van der Waals surface area (Å²) < 4.78 is 0. The highest BCUT2D eigenvalue weighted by Crippen LogP contribution is 2.28. The van der Waals surface area contributed by atoms with Crippen LogP contribution in [0, 0.1) is 6.92 Å². The molecule has 0 bridgehead atoms. The molecule has 3 nitrogen and oxygen atoms in total. The maximum atomic E-state index is 4.55. The van der Waals surface area contributed by atoms with E-state index in [0.29, 0.717) is 0 Å². The molecule has 2 heterocycles. The van der Waals surface area contributed by atoms with Crippen LogP contribution in [0.5, 0.6) is 0 Å². The van der Waals surface area contributed by atoms with Gasteiger partial charge < -0.3 is 10.2 Å². The number of piperazine rings is 1. The van der Waals surface area contributed by atoms with Gasteiger partial charge in [0.1, 0.15) is 0 Å². The third-order valence-corrected chi connectivity index (χ3v) is 3.62.